The minimum Gasteiger partial charge on any atom is -0.466 e. The minimum atomic E-state index is 0.119. The van der Waals surface area contributed by atoms with Crippen molar-refractivity contribution in [3.05, 3.63) is 22.6 Å². The summed E-state index contributed by atoms with van der Waals surface area (Å²) >= 11 is 3.50. The van der Waals surface area contributed by atoms with Crippen molar-refractivity contribution in [3.8, 4) is 0 Å². The highest BCUT2D eigenvalue weighted by Crippen LogP contribution is 2.30. The van der Waals surface area contributed by atoms with Gasteiger partial charge in [0.05, 0.1) is 29.0 Å². The molecule has 0 aliphatic carbocycles. The van der Waals surface area contributed by atoms with Crippen LogP contribution < -0.4 is 5.73 Å². The smallest absolute Gasteiger partial charge is 0.136 e. The van der Waals surface area contributed by atoms with Gasteiger partial charge in [0.1, 0.15) is 5.76 Å². The molecule has 17 heavy (non-hydrogen) atoms. The normalized spacial score (nSPS) is 28.2. The fourth-order valence-electron chi connectivity index (χ4n) is 2.44. The van der Waals surface area contributed by atoms with Crippen LogP contribution in [0.5, 0.6) is 0 Å². The quantitative estimate of drug-likeness (QED) is 0.929. The van der Waals surface area contributed by atoms with Gasteiger partial charge in [-0.3, -0.25) is 4.90 Å². The maximum atomic E-state index is 5.89. The van der Waals surface area contributed by atoms with E-state index in [9.17, 15) is 0 Å². The Kier molecular flexibility index (Phi) is 4.25. The second kappa shape index (κ2) is 5.52. The molecule has 4 nitrogen and oxygen atoms in total. The Labute approximate surface area is 110 Å². The Hall–Kier alpha value is -0.360. The van der Waals surface area contributed by atoms with Crippen LogP contribution in [-0.4, -0.2) is 36.7 Å². The largest absolute Gasteiger partial charge is 0.466 e. The third-order valence-electron chi connectivity index (χ3n) is 3.06. The van der Waals surface area contributed by atoms with Crippen molar-refractivity contribution >= 4 is 15.9 Å². The van der Waals surface area contributed by atoms with Gasteiger partial charge in [0, 0.05) is 19.6 Å². The van der Waals surface area contributed by atoms with Gasteiger partial charge >= 0.3 is 0 Å². The molecule has 3 atom stereocenters. The van der Waals surface area contributed by atoms with Crippen LogP contribution in [0.4, 0.5) is 0 Å². The van der Waals surface area contributed by atoms with E-state index < -0.39 is 0 Å². The number of hydrogen-bond acceptors (Lipinski definition) is 4. The fourth-order valence-corrected chi connectivity index (χ4v) is 2.90. The summed E-state index contributed by atoms with van der Waals surface area (Å²) in [6, 6.07) is 2.03. The molecule has 1 aliphatic heterocycles. The molecule has 0 aromatic carbocycles. The van der Waals surface area contributed by atoms with E-state index in [1.54, 1.807) is 6.26 Å². The molecule has 0 amide bonds. The van der Waals surface area contributed by atoms with Crippen LogP contribution >= 0.6 is 15.9 Å². The molecule has 2 rings (SSSR count). The molecular formula is C12H19BrN2O2. The van der Waals surface area contributed by atoms with Gasteiger partial charge < -0.3 is 14.9 Å². The van der Waals surface area contributed by atoms with Gasteiger partial charge in [-0.2, -0.15) is 0 Å². The second-order valence-electron chi connectivity index (χ2n) is 4.60. The van der Waals surface area contributed by atoms with Crippen LogP contribution in [0.15, 0.2) is 21.2 Å². The second-order valence-corrected chi connectivity index (χ2v) is 5.45. The number of rotatable bonds is 3. The van der Waals surface area contributed by atoms with E-state index in [1.807, 2.05) is 6.07 Å². The first kappa shape index (κ1) is 13.1. The predicted molar refractivity (Wildman–Crippen MR) is 69.8 cm³/mol. The van der Waals surface area contributed by atoms with Crippen LogP contribution in [-0.2, 0) is 4.74 Å². The van der Waals surface area contributed by atoms with Crippen LogP contribution in [0.2, 0.25) is 0 Å². The minimum absolute atomic E-state index is 0.119. The summed E-state index contributed by atoms with van der Waals surface area (Å²) in [7, 11) is 0. The summed E-state index contributed by atoms with van der Waals surface area (Å²) in [4.78, 5) is 2.34. The molecule has 1 aliphatic rings. The van der Waals surface area contributed by atoms with Crippen LogP contribution in [0.1, 0.15) is 25.6 Å². The fraction of sp³-hybridized carbons (Fsp3) is 0.667. The van der Waals surface area contributed by atoms with Gasteiger partial charge in [-0.15, -0.1) is 0 Å². The predicted octanol–water partition coefficient (Wildman–Crippen LogP) is 2.15. The lowest BCUT2D eigenvalue weighted by Gasteiger charge is -2.39. The molecule has 1 fully saturated rings. The molecule has 1 aromatic heterocycles. The third kappa shape index (κ3) is 2.91. The zero-order valence-corrected chi connectivity index (χ0v) is 11.8. The van der Waals surface area contributed by atoms with Gasteiger partial charge in [-0.1, -0.05) is 0 Å². The maximum Gasteiger partial charge on any atom is 0.136 e. The van der Waals surface area contributed by atoms with Gasteiger partial charge in [-0.05, 0) is 35.8 Å². The van der Waals surface area contributed by atoms with E-state index in [4.69, 9.17) is 14.9 Å². The lowest BCUT2D eigenvalue weighted by molar-refractivity contribution is -0.0820. The maximum absolute atomic E-state index is 5.89. The zero-order valence-electron chi connectivity index (χ0n) is 10.2. The zero-order chi connectivity index (χ0) is 12.4. The SMILES string of the molecule is CC1CN(C(CN)c2occc2Br)CC(C)O1. The average molecular weight is 303 g/mol. The van der Waals surface area contributed by atoms with Crippen molar-refractivity contribution in [1.29, 1.82) is 0 Å². The Balaban J connectivity index is 2.15. The van der Waals surface area contributed by atoms with Crippen molar-refractivity contribution in [2.24, 2.45) is 5.73 Å². The number of nitrogens with zero attached hydrogens (tertiary/aromatic N) is 1. The molecule has 0 bridgehead atoms. The Morgan fingerprint density at radius 3 is 2.59 bits per heavy atom. The van der Waals surface area contributed by atoms with Gasteiger partial charge in [0.15, 0.2) is 0 Å². The van der Waals surface area contributed by atoms with Gasteiger partial charge in [0.25, 0.3) is 0 Å². The van der Waals surface area contributed by atoms with Crippen molar-refractivity contribution < 1.29 is 9.15 Å². The molecule has 5 heteroatoms. The molecule has 0 spiro atoms. The average Bonchev–Trinajstić information content (AvgIpc) is 2.65. The standard InChI is InChI=1S/C12H19BrN2O2/c1-8-6-15(7-9(2)17-8)11(5-14)12-10(13)3-4-16-12/h3-4,8-9,11H,5-7,14H2,1-2H3. The highest BCUT2D eigenvalue weighted by atomic mass is 79.9. The summed E-state index contributed by atoms with van der Waals surface area (Å²) < 4.78 is 12.3. The van der Waals surface area contributed by atoms with E-state index in [1.165, 1.54) is 0 Å². The summed E-state index contributed by atoms with van der Waals surface area (Å²) in [6.45, 7) is 6.51. The molecular weight excluding hydrogens is 284 g/mol. The number of halogens is 1. The first-order valence-corrected chi connectivity index (χ1v) is 6.73. The van der Waals surface area contributed by atoms with E-state index in [2.05, 4.69) is 34.7 Å². The van der Waals surface area contributed by atoms with Gasteiger partial charge in [-0.25, -0.2) is 0 Å². The number of hydrogen-bond donors (Lipinski definition) is 1. The third-order valence-corrected chi connectivity index (χ3v) is 3.71. The highest BCUT2D eigenvalue weighted by Gasteiger charge is 2.30. The molecule has 96 valence electrons. The topological polar surface area (TPSA) is 51.6 Å². The summed E-state index contributed by atoms with van der Waals surface area (Å²) in [5, 5.41) is 0. The molecule has 1 saturated heterocycles. The van der Waals surface area contributed by atoms with Crippen molar-refractivity contribution in [2.75, 3.05) is 19.6 Å². The summed E-state index contributed by atoms with van der Waals surface area (Å²) in [5.74, 6) is 0.911. The summed E-state index contributed by atoms with van der Waals surface area (Å²) in [6.07, 6.45) is 2.16. The Bertz CT molecular complexity index is 359. The first-order valence-electron chi connectivity index (χ1n) is 5.94. The number of nitrogens with two attached hydrogens (primary N) is 1. The lowest BCUT2D eigenvalue weighted by atomic mass is 10.1. The first-order chi connectivity index (χ1) is 8.11. The highest BCUT2D eigenvalue weighted by molar-refractivity contribution is 9.10. The number of ether oxygens (including phenoxy) is 1. The summed E-state index contributed by atoms with van der Waals surface area (Å²) in [5.41, 5.74) is 5.89. The van der Waals surface area contributed by atoms with E-state index in [0.717, 1.165) is 23.3 Å². The van der Waals surface area contributed by atoms with E-state index >= 15 is 0 Å². The number of morpholine rings is 1. The van der Waals surface area contributed by atoms with E-state index in [-0.39, 0.29) is 18.2 Å². The monoisotopic (exact) mass is 302 g/mol. The molecule has 1 aromatic rings. The molecule has 2 N–H and O–H groups in total. The van der Waals surface area contributed by atoms with Gasteiger partial charge in [0.2, 0.25) is 0 Å². The Morgan fingerprint density at radius 1 is 1.47 bits per heavy atom. The van der Waals surface area contributed by atoms with Crippen LogP contribution in [0, 0.1) is 0 Å². The van der Waals surface area contributed by atoms with E-state index in [0.29, 0.717) is 6.54 Å². The molecule has 0 radical (unpaired) electrons. The molecule has 0 saturated carbocycles. The number of furan rings is 1. The van der Waals surface area contributed by atoms with Crippen LogP contribution in [0.25, 0.3) is 0 Å². The molecule has 2 heterocycles. The Morgan fingerprint density at radius 2 is 2.12 bits per heavy atom. The van der Waals surface area contributed by atoms with Crippen molar-refractivity contribution in [2.45, 2.75) is 32.1 Å². The van der Waals surface area contributed by atoms with Crippen molar-refractivity contribution in [1.82, 2.24) is 4.90 Å². The van der Waals surface area contributed by atoms with Crippen molar-refractivity contribution in [3.63, 3.8) is 0 Å². The molecule has 3 unspecified atom stereocenters. The lowest BCUT2D eigenvalue weighted by Crippen LogP contribution is -2.48. The van der Waals surface area contributed by atoms with Crippen LogP contribution in [0.3, 0.4) is 0 Å².